The van der Waals surface area contributed by atoms with E-state index in [9.17, 15) is 18.4 Å². The Hall–Kier alpha value is -1.69. The molecule has 2 aliphatic rings. The zero-order chi connectivity index (χ0) is 16.2. The Morgan fingerprint density at radius 2 is 2.18 bits per heavy atom. The standard InChI is InChI=1S/C15H14ClF2NO3/c1-3-22-13(20)11-10(12(17)18)15(11)8-5-4-7(16)6-9(8)19(2)14(15)21/h4-6,10-12H,3H2,1-2H3/t10-,11-,15+/m0/s1. The average molecular weight is 330 g/mol. The zero-order valence-electron chi connectivity index (χ0n) is 12.0. The molecule has 22 heavy (non-hydrogen) atoms. The first-order chi connectivity index (χ1) is 10.4. The molecule has 0 N–H and O–H groups in total. The fourth-order valence-electron chi connectivity index (χ4n) is 3.58. The van der Waals surface area contributed by atoms with Gasteiger partial charge < -0.3 is 9.64 Å². The summed E-state index contributed by atoms with van der Waals surface area (Å²) in [5.74, 6) is -3.76. The number of hydrogen-bond acceptors (Lipinski definition) is 3. The Bertz CT molecular complexity index is 666. The average Bonchev–Trinajstić information content (AvgIpc) is 3.12. The molecule has 1 aromatic rings. The number of rotatable bonds is 3. The summed E-state index contributed by atoms with van der Waals surface area (Å²) in [5, 5.41) is 0.400. The van der Waals surface area contributed by atoms with Gasteiger partial charge in [0.25, 0.3) is 0 Å². The number of benzene rings is 1. The van der Waals surface area contributed by atoms with Crippen molar-refractivity contribution in [2.45, 2.75) is 18.8 Å². The first kappa shape index (κ1) is 15.2. The summed E-state index contributed by atoms with van der Waals surface area (Å²) in [6.45, 7) is 1.68. The van der Waals surface area contributed by atoms with Crippen molar-refractivity contribution in [2.75, 3.05) is 18.6 Å². The molecular formula is C15H14ClF2NO3. The van der Waals surface area contributed by atoms with E-state index in [0.717, 1.165) is 0 Å². The Balaban J connectivity index is 2.13. The molecule has 0 unspecified atom stereocenters. The van der Waals surface area contributed by atoms with Gasteiger partial charge in [-0.15, -0.1) is 0 Å². The highest BCUT2D eigenvalue weighted by Gasteiger charge is 2.80. The summed E-state index contributed by atoms with van der Waals surface area (Å²) in [5.41, 5.74) is -0.627. The molecule has 1 heterocycles. The van der Waals surface area contributed by atoms with Crippen LogP contribution in [0.3, 0.4) is 0 Å². The summed E-state index contributed by atoms with van der Waals surface area (Å²) in [6.07, 6.45) is -2.78. The lowest BCUT2D eigenvalue weighted by atomic mass is 9.93. The molecule has 1 aliphatic heterocycles. The smallest absolute Gasteiger partial charge is 0.310 e. The van der Waals surface area contributed by atoms with Crippen molar-refractivity contribution in [3.8, 4) is 0 Å². The van der Waals surface area contributed by atoms with E-state index in [1.807, 2.05) is 0 Å². The molecule has 0 bridgehead atoms. The van der Waals surface area contributed by atoms with Crippen LogP contribution in [0.5, 0.6) is 0 Å². The van der Waals surface area contributed by atoms with Crippen LogP contribution in [0.1, 0.15) is 12.5 Å². The predicted molar refractivity (Wildman–Crippen MR) is 76.2 cm³/mol. The number of carbonyl (C=O) groups is 2. The maximum Gasteiger partial charge on any atom is 0.310 e. The maximum absolute atomic E-state index is 13.4. The molecule has 3 rings (SSSR count). The molecule has 118 valence electrons. The Morgan fingerprint density at radius 1 is 1.50 bits per heavy atom. The molecule has 3 atom stereocenters. The largest absolute Gasteiger partial charge is 0.466 e. The fourth-order valence-corrected chi connectivity index (χ4v) is 3.75. The number of esters is 1. The molecular weight excluding hydrogens is 316 g/mol. The minimum atomic E-state index is -2.78. The number of alkyl halides is 2. The second-order valence-corrected chi connectivity index (χ2v) is 5.92. The molecule has 1 saturated carbocycles. The highest BCUT2D eigenvalue weighted by molar-refractivity contribution is 6.31. The van der Waals surface area contributed by atoms with Crippen LogP contribution in [0.25, 0.3) is 0 Å². The second-order valence-electron chi connectivity index (χ2n) is 5.48. The number of halogens is 3. The Morgan fingerprint density at radius 3 is 2.77 bits per heavy atom. The third kappa shape index (κ3) is 1.73. The molecule has 1 spiro atoms. The van der Waals surface area contributed by atoms with Crippen molar-refractivity contribution >= 4 is 29.2 Å². The maximum atomic E-state index is 13.4. The van der Waals surface area contributed by atoms with Gasteiger partial charge >= 0.3 is 5.97 Å². The monoisotopic (exact) mass is 329 g/mol. The van der Waals surface area contributed by atoms with E-state index in [4.69, 9.17) is 16.3 Å². The SMILES string of the molecule is CCOC(=O)[C@@H]1[C@@H](C(F)F)[C@@]12C(=O)N(C)c1cc(Cl)ccc12. The fraction of sp³-hybridized carbons (Fsp3) is 0.467. The summed E-state index contributed by atoms with van der Waals surface area (Å²) < 4.78 is 31.8. The van der Waals surface area contributed by atoms with Crippen LogP contribution < -0.4 is 4.90 Å². The van der Waals surface area contributed by atoms with Crippen LogP contribution in [0.15, 0.2) is 18.2 Å². The van der Waals surface area contributed by atoms with Gasteiger partial charge in [0.15, 0.2) is 0 Å². The van der Waals surface area contributed by atoms with Crippen LogP contribution in [0.4, 0.5) is 14.5 Å². The van der Waals surface area contributed by atoms with Crippen molar-refractivity contribution in [2.24, 2.45) is 11.8 Å². The van der Waals surface area contributed by atoms with Crippen LogP contribution >= 0.6 is 11.6 Å². The molecule has 0 saturated heterocycles. The predicted octanol–water partition coefficient (Wildman–Crippen LogP) is 2.63. The number of anilines is 1. The molecule has 1 amide bonds. The number of amides is 1. The van der Waals surface area contributed by atoms with Crippen molar-refractivity contribution in [1.82, 2.24) is 0 Å². The van der Waals surface area contributed by atoms with Crippen molar-refractivity contribution < 1.29 is 23.1 Å². The lowest BCUT2D eigenvalue weighted by molar-refractivity contribution is -0.146. The van der Waals surface area contributed by atoms with Gasteiger partial charge in [0.1, 0.15) is 0 Å². The van der Waals surface area contributed by atoms with E-state index < -0.39 is 35.6 Å². The normalized spacial score (nSPS) is 29.2. The molecule has 1 aromatic carbocycles. The topological polar surface area (TPSA) is 46.6 Å². The quantitative estimate of drug-likeness (QED) is 0.801. The van der Waals surface area contributed by atoms with E-state index in [2.05, 4.69) is 0 Å². The second kappa shape index (κ2) is 4.91. The zero-order valence-corrected chi connectivity index (χ0v) is 12.7. The van der Waals surface area contributed by atoms with Crippen molar-refractivity contribution in [1.29, 1.82) is 0 Å². The van der Waals surface area contributed by atoms with Crippen LogP contribution in [0.2, 0.25) is 5.02 Å². The van der Waals surface area contributed by atoms with Gasteiger partial charge in [-0.1, -0.05) is 17.7 Å². The van der Waals surface area contributed by atoms with Gasteiger partial charge in [0, 0.05) is 17.8 Å². The van der Waals surface area contributed by atoms with Crippen LogP contribution in [-0.2, 0) is 19.7 Å². The van der Waals surface area contributed by atoms with E-state index >= 15 is 0 Å². The van der Waals surface area contributed by atoms with Gasteiger partial charge in [0.2, 0.25) is 12.3 Å². The Kier molecular flexibility index (Phi) is 3.40. The molecule has 1 fully saturated rings. The molecule has 0 radical (unpaired) electrons. The minimum absolute atomic E-state index is 0.0822. The first-order valence-electron chi connectivity index (χ1n) is 6.90. The summed E-state index contributed by atoms with van der Waals surface area (Å²) in [4.78, 5) is 26.0. The summed E-state index contributed by atoms with van der Waals surface area (Å²) in [6, 6.07) is 4.64. The molecule has 0 aromatic heterocycles. The van der Waals surface area contributed by atoms with Crippen molar-refractivity contribution in [3.05, 3.63) is 28.8 Å². The third-order valence-corrected chi connectivity index (χ3v) is 4.74. The van der Waals surface area contributed by atoms with E-state index in [1.165, 1.54) is 18.0 Å². The van der Waals surface area contributed by atoms with Gasteiger partial charge in [0.05, 0.1) is 23.9 Å². The van der Waals surface area contributed by atoms with Crippen LogP contribution in [-0.4, -0.2) is 32.0 Å². The number of ether oxygens (including phenoxy) is 1. The lowest BCUT2D eigenvalue weighted by Gasteiger charge is -2.11. The van der Waals surface area contributed by atoms with E-state index in [-0.39, 0.29) is 6.61 Å². The first-order valence-corrected chi connectivity index (χ1v) is 7.28. The highest BCUT2D eigenvalue weighted by atomic mass is 35.5. The molecule has 7 heteroatoms. The highest BCUT2D eigenvalue weighted by Crippen LogP contribution is 2.68. The molecule has 1 aliphatic carbocycles. The minimum Gasteiger partial charge on any atom is -0.466 e. The number of likely N-dealkylation sites (N-methyl/N-ethyl adjacent to an activating group) is 1. The van der Waals surface area contributed by atoms with Gasteiger partial charge in [-0.05, 0) is 24.6 Å². The Labute approximate surface area is 131 Å². The summed E-state index contributed by atoms with van der Waals surface area (Å²) >= 11 is 5.92. The lowest BCUT2D eigenvalue weighted by Crippen LogP contribution is -2.32. The number of fused-ring (bicyclic) bond motifs is 2. The molecule has 4 nitrogen and oxygen atoms in total. The number of nitrogens with zero attached hydrogens (tertiary/aromatic N) is 1. The van der Waals surface area contributed by atoms with E-state index in [1.54, 1.807) is 19.1 Å². The van der Waals surface area contributed by atoms with E-state index in [0.29, 0.717) is 16.3 Å². The van der Waals surface area contributed by atoms with Crippen LogP contribution in [0, 0.1) is 11.8 Å². The summed E-state index contributed by atoms with van der Waals surface area (Å²) in [7, 11) is 1.50. The van der Waals surface area contributed by atoms with Gasteiger partial charge in [-0.25, -0.2) is 8.78 Å². The number of carbonyl (C=O) groups excluding carboxylic acids is 2. The number of hydrogen-bond donors (Lipinski definition) is 0. The van der Waals surface area contributed by atoms with Gasteiger partial charge in [-0.2, -0.15) is 0 Å². The van der Waals surface area contributed by atoms with Crippen molar-refractivity contribution in [3.63, 3.8) is 0 Å². The third-order valence-electron chi connectivity index (χ3n) is 4.50. The van der Waals surface area contributed by atoms with Gasteiger partial charge in [-0.3, -0.25) is 9.59 Å².